The van der Waals surface area contributed by atoms with Crippen molar-refractivity contribution in [2.24, 2.45) is 0 Å². The Kier molecular flexibility index (Phi) is 3.79. The van der Waals surface area contributed by atoms with E-state index in [1.165, 1.54) is 6.33 Å². The fourth-order valence-electron chi connectivity index (χ4n) is 2.83. The third-order valence-electron chi connectivity index (χ3n) is 3.96. The first kappa shape index (κ1) is 13.9. The van der Waals surface area contributed by atoms with E-state index in [9.17, 15) is 4.79 Å². The Bertz CT molecular complexity index is 692. The Morgan fingerprint density at radius 1 is 1.52 bits per heavy atom. The molecule has 6 heteroatoms. The summed E-state index contributed by atoms with van der Waals surface area (Å²) in [5.74, 6) is 0. The number of aromatic nitrogens is 2. The number of H-pyrrole nitrogens is 1. The predicted octanol–water partition coefficient (Wildman–Crippen LogP) is 1.51. The molecule has 0 amide bonds. The quantitative estimate of drug-likeness (QED) is 0.833. The van der Waals surface area contributed by atoms with Gasteiger partial charge >= 0.3 is 0 Å². The van der Waals surface area contributed by atoms with Gasteiger partial charge in [0.25, 0.3) is 5.56 Å². The minimum absolute atomic E-state index is 0.166. The molecule has 1 aromatic carbocycles. The van der Waals surface area contributed by atoms with Gasteiger partial charge in [-0.3, -0.25) is 4.79 Å². The van der Waals surface area contributed by atoms with Crippen LogP contribution in [-0.4, -0.2) is 35.8 Å². The zero-order valence-corrected chi connectivity index (χ0v) is 12.1. The molecule has 0 radical (unpaired) electrons. The summed E-state index contributed by atoms with van der Waals surface area (Å²) in [6.07, 6.45) is 3.88. The fraction of sp³-hybridized carbons (Fsp3) is 0.467. The van der Waals surface area contributed by atoms with Gasteiger partial charge in [-0.15, -0.1) is 0 Å². The first-order valence-electron chi connectivity index (χ1n) is 7.32. The maximum absolute atomic E-state index is 11.8. The zero-order chi connectivity index (χ0) is 14.8. The zero-order valence-electron chi connectivity index (χ0n) is 12.1. The lowest BCUT2D eigenvalue weighted by atomic mass is 10.1. The van der Waals surface area contributed by atoms with Gasteiger partial charge in [0.05, 0.1) is 34.7 Å². The molecule has 0 aliphatic carbocycles. The SMILES string of the molecule is CCN(CC1CCCO1)c1cc2nc[nH]c(=O)c2cc1N. The van der Waals surface area contributed by atoms with E-state index in [1.54, 1.807) is 6.07 Å². The summed E-state index contributed by atoms with van der Waals surface area (Å²) in [7, 11) is 0. The van der Waals surface area contributed by atoms with Crippen LogP contribution in [0.3, 0.4) is 0 Å². The van der Waals surface area contributed by atoms with Crippen LogP contribution < -0.4 is 16.2 Å². The smallest absolute Gasteiger partial charge is 0.258 e. The lowest BCUT2D eigenvalue weighted by molar-refractivity contribution is 0.116. The second kappa shape index (κ2) is 5.73. The van der Waals surface area contributed by atoms with E-state index in [-0.39, 0.29) is 11.7 Å². The molecule has 1 saturated heterocycles. The molecule has 1 aromatic heterocycles. The van der Waals surface area contributed by atoms with E-state index in [0.717, 1.165) is 38.2 Å². The number of benzene rings is 1. The molecule has 1 fully saturated rings. The van der Waals surface area contributed by atoms with Gasteiger partial charge in [0, 0.05) is 19.7 Å². The summed E-state index contributed by atoms with van der Waals surface area (Å²) in [5.41, 5.74) is 8.15. The summed E-state index contributed by atoms with van der Waals surface area (Å²) in [6.45, 7) is 4.57. The average molecular weight is 288 g/mol. The van der Waals surface area contributed by atoms with Gasteiger partial charge < -0.3 is 20.4 Å². The number of hydrogen-bond acceptors (Lipinski definition) is 5. The molecule has 2 heterocycles. The molecule has 3 N–H and O–H groups in total. The molecule has 3 rings (SSSR count). The van der Waals surface area contributed by atoms with Gasteiger partial charge in [0.2, 0.25) is 0 Å². The molecule has 112 valence electrons. The van der Waals surface area contributed by atoms with Crippen LogP contribution in [0.15, 0.2) is 23.3 Å². The molecule has 1 atom stereocenters. The maximum Gasteiger partial charge on any atom is 0.258 e. The highest BCUT2D eigenvalue weighted by molar-refractivity contribution is 5.88. The summed E-state index contributed by atoms with van der Waals surface area (Å²) in [5, 5.41) is 0.520. The number of hydrogen-bond donors (Lipinski definition) is 2. The van der Waals surface area contributed by atoms with Crippen LogP contribution in [0.1, 0.15) is 19.8 Å². The highest BCUT2D eigenvalue weighted by Crippen LogP contribution is 2.28. The van der Waals surface area contributed by atoms with Crippen molar-refractivity contribution in [2.75, 3.05) is 30.3 Å². The molecular formula is C15H20N4O2. The Labute approximate surface area is 122 Å². The molecule has 1 unspecified atom stereocenters. The Hall–Kier alpha value is -2.08. The Morgan fingerprint density at radius 3 is 3.10 bits per heavy atom. The largest absolute Gasteiger partial charge is 0.397 e. The van der Waals surface area contributed by atoms with E-state index >= 15 is 0 Å². The fourth-order valence-corrected chi connectivity index (χ4v) is 2.83. The van der Waals surface area contributed by atoms with Crippen LogP contribution in [0.25, 0.3) is 10.9 Å². The third kappa shape index (κ3) is 2.71. The number of ether oxygens (including phenoxy) is 1. The van der Waals surface area contributed by atoms with Crippen LogP contribution in [0, 0.1) is 0 Å². The number of nitrogens with zero attached hydrogens (tertiary/aromatic N) is 2. The van der Waals surface area contributed by atoms with Crippen LogP contribution >= 0.6 is 0 Å². The van der Waals surface area contributed by atoms with E-state index in [4.69, 9.17) is 10.5 Å². The number of likely N-dealkylation sites (N-methyl/N-ethyl adjacent to an activating group) is 1. The maximum atomic E-state index is 11.8. The van der Waals surface area contributed by atoms with E-state index in [1.807, 2.05) is 6.07 Å². The summed E-state index contributed by atoms with van der Waals surface area (Å²) in [6, 6.07) is 3.59. The third-order valence-corrected chi connectivity index (χ3v) is 3.96. The number of aromatic amines is 1. The highest BCUT2D eigenvalue weighted by atomic mass is 16.5. The molecule has 0 spiro atoms. The van der Waals surface area contributed by atoms with Crippen molar-refractivity contribution in [3.05, 3.63) is 28.8 Å². The number of nitrogens with one attached hydrogen (secondary N) is 1. The highest BCUT2D eigenvalue weighted by Gasteiger charge is 2.20. The molecule has 0 saturated carbocycles. The Balaban J connectivity index is 1.97. The van der Waals surface area contributed by atoms with Crippen molar-refractivity contribution < 1.29 is 4.74 Å². The van der Waals surface area contributed by atoms with Gasteiger partial charge in [0.15, 0.2) is 0 Å². The van der Waals surface area contributed by atoms with E-state index < -0.39 is 0 Å². The van der Waals surface area contributed by atoms with Crippen LogP contribution in [0.4, 0.5) is 11.4 Å². The normalized spacial score (nSPS) is 18.2. The number of rotatable bonds is 4. The van der Waals surface area contributed by atoms with Gasteiger partial charge in [-0.2, -0.15) is 0 Å². The van der Waals surface area contributed by atoms with Crippen molar-refractivity contribution in [3.63, 3.8) is 0 Å². The number of nitrogens with two attached hydrogens (primary N) is 1. The molecule has 6 nitrogen and oxygen atoms in total. The first-order chi connectivity index (χ1) is 10.2. The minimum Gasteiger partial charge on any atom is -0.397 e. The molecule has 21 heavy (non-hydrogen) atoms. The summed E-state index contributed by atoms with van der Waals surface area (Å²) >= 11 is 0. The minimum atomic E-state index is -0.166. The van der Waals surface area contributed by atoms with Crippen molar-refractivity contribution in [2.45, 2.75) is 25.9 Å². The summed E-state index contributed by atoms with van der Waals surface area (Å²) < 4.78 is 5.70. The standard InChI is InChI=1S/C15H20N4O2/c1-2-19(8-10-4-3-5-21-10)14-7-13-11(6-12(14)16)15(20)18-9-17-13/h6-7,9-10H,2-5,8,16H2,1H3,(H,17,18,20). The molecule has 2 aromatic rings. The molecule has 0 bridgehead atoms. The second-order valence-electron chi connectivity index (χ2n) is 5.33. The van der Waals surface area contributed by atoms with Crippen molar-refractivity contribution >= 4 is 22.3 Å². The van der Waals surface area contributed by atoms with Gasteiger partial charge in [0.1, 0.15) is 0 Å². The second-order valence-corrected chi connectivity index (χ2v) is 5.33. The first-order valence-corrected chi connectivity index (χ1v) is 7.32. The number of nitrogen functional groups attached to an aromatic ring is 1. The molecule has 1 aliphatic heterocycles. The van der Waals surface area contributed by atoms with Gasteiger partial charge in [-0.1, -0.05) is 0 Å². The van der Waals surface area contributed by atoms with Gasteiger partial charge in [-0.05, 0) is 31.9 Å². The van der Waals surface area contributed by atoms with E-state index in [0.29, 0.717) is 16.6 Å². The van der Waals surface area contributed by atoms with Crippen LogP contribution in [0.5, 0.6) is 0 Å². The topological polar surface area (TPSA) is 84.2 Å². The monoisotopic (exact) mass is 288 g/mol. The van der Waals surface area contributed by atoms with Crippen molar-refractivity contribution in [3.8, 4) is 0 Å². The lowest BCUT2D eigenvalue weighted by Gasteiger charge is -2.27. The van der Waals surface area contributed by atoms with E-state index in [2.05, 4.69) is 21.8 Å². The van der Waals surface area contributed by atoms with Crippen molar-refractivity contribution in [1.29, 1.82) is 0 Å². The lowest BCUT2D eigenvalue weighted by Crippen LogP contribution is -2.32. The predicted molar refractivity (Wildman–Crippen MR) is 83.6 cm³/mol. The van der Waals surface area contributed by atoms with Crippen LogP contribution in [0.2, 0.25) is 0 Å². The molecular weight excluding hydrogens is 268 g/mol. The average Bonchev–Trinajstić information content (AvgIpc) is 2.98. The number of anilines is 2. The van der Waals surface area contributed by atoms with Crippen LogP contribution in [-0.2, 0) is 4.74 Å². The Morgan fingerprint density at radius 2 is 2.38 bits per heavy atom. The van der Waals surface area contributed by atoms with Crippen molar-refractivity contribution in [1.82, 2.24) is 9.97 Å². The number of fused-ring (bicyclic) bond motifs is 1. The summed E-state index contributed by atoms with van der Waals surface area (Å²) in [4.78, 5) is 20.8. The molecule has 1 aliphatic rings. The van der Waals surface area contributed by atoms with Gasteiger partial charge in [-0.25, -0.2) is 4.98 Å².